The fraction of sp³-hybridized carbons (Fsp3) is 0.333. The monoisotopic (exact) mass is 286 g/mol. The van der Waals surface area contributed by atoms with Crippen LogP contribution in [0.2, 0.25) is 0 Å². The Morgan fingerprint density at radius 1 is 1.14 bits per heavy atom. The summed E-state index contributed by atoms with van der Waals surface area (Å²) in [5.74, 6) is -1.87. The highest BCUT2D eigenvalue weighted by atomic mass is 16.2. The molecule has 0 unspecified atom stereocenters. The number of rotatable bonds is 1. The largest absolute Gasteiger partial charge is 0.294 e. The molecule has 21 heavy (non-hydrogen) atoms. The van der Waals surface area contributed by atoms with Gasteiger partial charge < -0.3 is 0 Å². The van der Waals surface area contributed by atoms with Crippen molar-refractivity contribution in [3.05, 3.63) is 35.4 Å². The summed E-state index contributed by atoms with van der Waals surface area (Å²) in [4.78, 5) is 49.4. The molecule has 0 radical (unpaired) electrons. The van der Waals surface area contributed by atoms with Gasteiger partial charge in [-0.1, -0.05) is 18.2 Å². The minimum atomic E-state index is -1.31. The molecule has 1 atom stereocenters. The van der Waals surface area contributed by atoms with Crippen molar-refractivity contribution in [3.63, 3.8) is 0 Å². The van der Waals surface area contributed by atoms with Crippen molar-refractivity contribution in [2.24, 2.45) is 0 Å². The summed E-state index contributed by atoms with van der Waals surface area (Å²) in [5, 5.41) is 2.21. The summed E-state index contributed by atoms with van der Waals surface area (Å²) >= 11 is 0. The first-order valence-corrected chi connectivity index (χ1v) is 6.73. The molecule has 6 heteroatoms. The zero-order chi connectivity index (χ0) is 15.2. The summed E-state index contributed by atoms with van der Waals surface area (Å²) in [7, 11) is 0. The SMILES string of the molecule is C[C@]1(N2C(=O)Cc3ccccc3C2=O)CCC(=O)NC1=O. The lowest BCUT2D eigenvalue weighted by atomic mass is 9.85. The number of amides is 4. The lowest BCUT2D eigenvalue weighted by Crippen LogP contribution is -2.65. The highest BCUT2D eigenvalue weighted by Gasteiger charge is 2.50. The highest BCUT2D eigenvalue weighted by molar-refractivity contribution is 6.15. The number of fused-ring (bicyclic) bond motifs is 1. The number of nitrogens with zero attached hydrogens (tertiary/aromatic N) is 1. The molecule has 6 nitrogen and oxygen atoms in total. The molecule has 0 bridgehead atoms. The van der Waals surface area contributed by atoms with Crippen LogP contribution in [0.3, 0.4) is 0 Å². The average molecular weight is 286 g/mol. The number of imide groups is 2. The number of nitrogens with one attached hydrogen (secondary N) is 1. The molecule has 0 aromatic heterocycles. The van der Waals surface area contributed by atoms with E-state index in [0.29, 0.717) is 11.1 Å². The number of hydrogen-bond donors (Lipinski definition) is 1. The van der Waals surface area contributed by atoms with Crippen LogP contribution in [0.5, 0.6) is 0 Å². The van der Waals surface area contributed by atoms with E-state index in [0.717, 1.165) is 4.90 Å². The molecule has 2 heterocycles. The van der Waals surface area contributed by atoms with E-state index in [1.54, 1.807) is 24.3 Å². The molecule has 0 saturated carbocycles. The van der Waals surface area contributed by atoms with Gasteiger partial charge in [0.25, 0.3) is 11.8 Å². The maximum atomic E-state index is 12.6. The van der Waals surface area contributed by atoms with Crippen molar-refractivity contribution >= 4 is 23.6 Å². The smallest absolute Gasteiger partial charge is 0.261 e. The molecule has 2 aliphatic heterocycles. The minimum absolute atomic E-state index is 0.0821. The van der Waals surface area contributed by atoms with Gasteiger partial charge in [0.15, 0.2) is 0 Å². The van der Waals surface area contributed by atoms with Crippen molar-refractivity contribution in [3.8, 4) is 0 Å². The van der Waals surface area contributed by atoms with Crippen molar-refractivity contribution in [1.29, 1.82) is 0 Å². The fourth-order valence-corrected chi connectivity index (χ4v) is 2.87. The number of carbonyl (C=O) groups excluding carboxylic acids is 4. The predicted octanol–water partition coefficient (Wildman–Crippen LogP) is 0.407. The van der Waals surface area contributed by atoms with Crippen LogP contribution >= 0.6 is 0 Å². The van der Waals surface area contributed by atoms with E-state index in [-0.39, 0.29) is 25.2 Å². The quantitative estimate of drug-likeness (QED) is 0.758. The molecule has 108 valence electrons. The maximum Gasteiger partial charge on any atom is 0.261 e. The number of benzene rings is 1. The average Bonchev–Trinajstić information content (AvgIpc) is 2.44. The Morgan fingerprint density at radius 3 is 2.57 bits per heavy atom. The highest BCUT2D eigenvalue weighted by Crippen LogP contribution is 2.31. The molecule has 0 spiro atoms. The minimum Gasteiger partial charge on any atom is -0.294 e. The predicted molar refractivity (Wildman–Crippen MR) is 72.1 cm³/mol. The van der Waals surface area contributed by atoms with E-state index in [9.17, 15) is 19.2 Å². The summed E-state index contributed by atoms with van der Waals surface area (Å²) < 4.78 is 0. The zero-order valence-corrected chi connectivity index (χ0v) is 11.5. The summed E-state index contributed by atoms with van der Waals surface area (Å²) in [6, 6.07) is 6.86. The van der Waals surface area contributed by atoms with E-state index in [2.05, 4.69) is 5.32 Å². The van der Waals surface area contributed by atoms with Gasteiger partial charge in [0.2, 0.25) is 11.8 Å². The number of carbonyl (C=O) groups is 4. The maximum absolute atomic E-state index is 12.6. The summed E-state index contributed by atoms with van der Waals surface area (Å²) in [6.45, 7) is 1.53. The zero-order valence-electron chi connectivity index (χ0n) is 11.5. The Morgan fingerprint density at radius 2 is 1.86 bits per heavy atom. The van der Waals surface area contributed by atoms with Crippen molar-refractivity contribution < 1.29 is 19.2 Å². The van der Waals surface area contributed by atoms with Gasteiger partial charge in [-0.05, 0) is 25.0 Å². The van der Waals surface area contributed by atoms with Gasteiger partial charge in [-0.3, -0.25) is 29.4 Å². The Kier molecular flexibility index (Phi) is 2.90. The molecule has 4 amide bonds. The van der Waals surface area contributed by atoms with E-state index >= 15 is 0 Å². The molecule has 1 aromatic carbocycles. The van der Waals surface area contributed by atoms with Crippen molar-refractivity contribution in [2.75, 3.05) is 0 Å². The number of piperidine rings is 1. The van der Waals surface area contributed by atoms with Crippen LogP contribution in [0.25, 0.3) is 0 Å². The van der Waals surface area contributed by atoms with E-state index in [1.165, 1.54) is 6.92 Å². The van der Waals surface area contributed by atoms with Crippen molar-refractivity contribution in [1.82, 2.24) is 10.2 Å². The third-order valence-electron chi connectivity index (χ3n) is 4.12. The lowest BCUT2D eigenvalue weighted by Gasteiger charge is -2.42. The Balaban J connectivity index is 2.03. The Bertz CT molecular complexity index is 682. The van der Waals surface area contributed by atoms with Gasteiger partial charge in [-0.25, -0.2) is 0 Å². The van der Waals surface area contributed by atoms with Gasteiger partial charge >= 0.3 is 0 Å². The van der Waals surface area contributed by atoms with Crippen LogP contribution in [0, 0.1) is 0 Å². The standard InChI is InChI=1S/C15H14N2O4/c1-15(7-6-11(18)16-14(15)21)17-12(19)8-9-4-2-3-5-10(9)13(17)20/h2-5H,6-8H2,1H3,(H,16,18,21)/t15-/m0/s1. The van der Waals surface area contributed by atoms with Gasteiger partial charge in [0.1, 0.15) is 5.54 Å². The molecule has 0 aliphatic carbocycles. The van der Waals surface area contributed by atoms with E-state index in [1.807, 2.05) is 0 Å². The third kappa shape index (κ3) is 1.94. The van der Waals surface area contributed by atoms with E-state index in [4.69, 9.17) is 0 Å². The third-order valence-corrected chi connectivity index (χ3v) is 4.12. The number of hydrogen-bond acceptors (Lipinski definition) is 4. The molecule has 3 rings (SSSR count). The fourth-order valence-electron chi connectivity index (χ4n) is 2.87. The lowest BCUT2D eigenvalue weighted by molar-refractivity contribution is -0.149. The van der Waals surface area contributed by atoms with Crippen LogP contribution in [0.1, 0.15) is 35.7 Å². The van der Waals surface area contributed by atoms with Crippen LogP contribution in [-0.2, 0) is 20.8 Å². The second-order valence-corrected chi connectivity index (χ2v) is 5.52. The molecule has 1 fully saturated rings. The normalized spacial score (nSPS) is 25.7. The van der Waals surface area contributed by atoms with Crippen LogP contribution < -0.4 is 5.32 Å². The Labute approximate surface area is 121 Å². The summed E-state index contributed by atoms with van der Waals surface area (Å²) in [6.07, 6.45) is 0.344. The molecular formula is C15H14N2O4. The van der Waals surface area contributed by atoms with Crippen LogP contribution in [0.15, 0.2) is 24.3 Å². The van der Waals surface area contributed by atoms with Gasteiger partial charge in [-0.2, -0.15) is 0 Å². The second kappa shape index (κ2) is 4.51. The van der Waals surface area contributed by atoms with Gasteiger partial charge in [-0.15, -0.1) is 0 Å². The van der Waals surface area contributed by atoms with Gasteiger partial charge in [0.05, 0.1) is 6.42 Å². The molecule has 1 N–H and O–H groups in total. The topological polar surface area (TPSA) is 83.6 Å². The second-order valence-electron chi connectivity index (χ2n) is 5.52. The molecule has 1 aromatic rings. The van der Waals surface area contributed by atoms with Crippen molar-refractivity contribution in [2.45, 2.75) is 31.7 Å². The first kappa shape index (κ1) is 13.5. The first-order chi connectivity index (χ1) is 9.93. The van der Waals surface area contributed by atoms with Crippen LogP contribution in [0.4, 0.5) is 0 Å². The molecular weight excluding hydrogens is 272 g/mol. The molecule has 1 saturated heterocycles. The Hall–Kier alpha value is -2.50. The van der Waals surface area contributed by atoms with E-state index < -0.39 is 23.3 Å². The van der Waals surface area contributed by atoms with Gasteiger partial charge in [0, 0.05) is 12.0 Å². The molecule has 2 aliphatic rings. The first-order valence-electron chi connectivity index (χ1n) is 6.73. The summed E-state index contributed by atoms with van der Waals surface area (Å²) in [5.41, 5.74) is -0.210. The van der Waals surface area contributed by atoms with Crippen LogP contribution in [-0.4, -0.2) is 34.1 Å².